The predicted octanol–water partition coefficient (Wildman–Crippen LogP) is 3.08. The van der Waals surface area contributed by atoms with Crippen LogP contribution in [0, 0.1) is 20.8 Å². The Balaban J connectivity index is 0.00000242. The first-order valence-corrected chi connectivity index (χ1v) is 7.74. The molecular weight excluding hydrogens is 300 g/mol. The second-order valence-electron chi connectivity index (χ2n) is 5.88. The van der Waals surface area contributed by atoms with Crippen LogP contribution in [0.4, 0.5) is 5.69 Å². The summed E-state index contributed by atoms with van der Waals surface area (Å²) in [7, 11) is 0. The van der Waals surface area contributed by atoms with Crippen molar-refractivity contribution in [1.82, 2.24) is 4.90 Å². The highest BCUT2D eigenvalue weighted by Gasteiger charge is 2.12. The van der Waals surface area contributed by atoms with Crippen molar-refractivity contribution in [2.75, 3.05) is 38.2 Å². The number of hydrogen-bond acceptors (Lipinski definition) is 3. The lowest BCUT2D eigenvalue weighted by Crippen LogP contribution is -2.37. The van der Waals surface area contributed by atoms with E-state index in [1.54, 1.807) is 0 Å². The molecule has 1 aromatic carbocycles. The number of nitrogens with one attached hydrogen (secondary N) is 1. The van der Waals surface area contributed by atoms with E-state index in [1.807, 2.05) is 13.8 Å². The van der Waals surface area contributed by atoms with Gasteiger partial charge in [-0.1, -0.05) is 17.7 Å². The molecule has 0 atom stereocenters. The molecule has 0 aromatic heterocycles. The van der Waals surface area contributed by atoms with Gasteiger partial charge in [0.25, 0.3) is 0 Å². The van der Waals surface area contributed by atoms with E-state index in [0.717, 1.165) is 56.1 Å². The summed E-state index contributed by atoms with van der Waals surface area (Å²) in [5.74, 6) is 0.110. The number of halogens is 1. The summed E-state index contributed by atoms with van der Waals surface area (Å²) in [4.78, 5) is 14.4. The van der Waals surface area contributed by atoms with Gasteiger partial charge in [0.15, 0.2) is 0 Å². The van der Waals surface area contributed by atoms with Crippen LogP contribution in [0.1, 0.15) is 29.5 Å². The van der Waals surface area contributed by atoms with Crippen molar-refractivity contribution in [3.63, 3.8) is 0 Å². The third kappa shape index (κ3) is 5.59. The molecule has 0 unspecified atom stereocenters. The van der Waals surface area contributed by atoms with Crippen LogP contribution in [-0.4, -0.2) is 43.7 Å². The molecule has 4 nitrogen and oxygen atoms in total. The van der Waals surface area contributed by atoms with Crippen molar-refractivity contribution >= 4 is 24.0 Å². The molecule has 1 heterocycles. The number of morpholine rings is 1. The number of amides is 1. The predicted molar refractivity (Wildman–Crippen MR) is 93.0 cm³/mol. The maximum Gasteiger partial charge on any atom is 0.224 e. The molecule has 5 heteroatoms. The highest BCUT2D eigenvalue weighted by Crippen LogP contribution is 2.22. The van der Waals surface area contributed by atoms with E-state index in [4.69, 9.17) is 4.74 Å². The third-order valence-corrected chi connectivity index (χ3v) is 3.92. The summed E-state index contributed by atoms with van der Waals surface area (Å²) in [5.41, 5.74) is 4.47. The van der Waals surface area contributed by atoms with Gasteiger partial charge in [-0.25, -0.2) is 0 Å². The number of carbonyl (C=O) groups is 1. The number of nitrogens with zero attached hydrogens (tertiary/aromatic N) is 1. The molecular formula is C17H27ClN2O2. The van der Waals surface area contributed by atoms with E-state index >= 15 is 0 Å². The number of hydrogen-bond donors (Lipinski definition) is 1. The van der Waals surface area contributed by atoms with Crippen LogP contribution in [0.3, 0.4) is 0 Å². The molecule has 0 radical (unpaired) electrons. The topological polar surface area (TPSA) is 41.6 Å². The molecule has 22 heavy (non-hydrogen) atoms. The van der Waals surface area contributed by atoms with Crippen LogP contribution in [0.15, 0.2) is 12.1 Å². The van der Waals surface area contributed by atoms with Gasteiger partial charge in [0.05, 0.1) is 13.2 Å². The van der Waals surface area contributed by atoms with Gasteiger partial charge >= 0.3 is 0 Å². The minimum atomic E-state index is 0. The zero-order chi connectivity index (χ0) is 15.2. The first-order chi connectivity index (χ1) is 10.1. The number of carbonyl (C=O) groups excluding carboxylic acids is 1. The van der Waals surface area contributed by atoms with E-state index in [2.05, 4.69) is 29.3 Å². The molecule has 0 bridgehead atoms. The summed E-state index contributed by atoms with van der Waals surface area (Å²) < 4.78 is 5.32. The molecule has 0 saturated carbocycles. The van der Waals surface area contributed by atoms with Gasteiger partial charge in [-0.3, -0.25) is 9.69 Å². The van der Waals surface area contributed by atoms with Gasteiger partial charge in [-0.2, -0.15) is 0 Å². The lowest BCUT2D eigenvalue weighted by molar-refractivity contribution is -0.116. The monoisotopic (exact) mass is 326 g/mol. The zero-order valence-electron chi connectivity index (χ0n) is 13.8. The van der Waals surface area contributed by atoms with Crippen LogP contribution >= 0.6 is 12.4 Å². The van der Waals surface area contributed by atoms with Crippen LogP contribution in [0.2, 0.25) is 0 Å². The summed E-state index contributed by atoms with van der Waals surface area (Å²) >= 11 is 0. The standard InChI is InChI=1S/C17H26N2O2.ClH/c1-13-11-14(2)17(15(3)12-13)18-16(20)5-4-6-19-7-9-21-10-8-19;/h11-12H,4-10H2,1-3H3,(H,18,20);1H. The first kappa shape index (κ1) is 18.9. The van der Waals surface area contributed by atoms with Gasteiger partial charge in [0.2, 0.25) is 5.91 Å². The van der Waals surface area contributed by atoms with Crippen molar-refractivity contribution in [2.24, 2.45) is 0 Å². The smallest absolute Gasteiger partial charge is 0.224 e. The van der Waals surface area contributed by atoms with E-state index in [0.29, 0.717) is 6.42 Å². The van der Waals surface area contributed by atoms with Crippen LogP contribution in [0.5, 0.6) is 0 Å². The highest BCUT2D eigenvalue weighted by atomic mass is 35.5. The fourth-order valence-corrected chi connectivity index (χ4v) is 2.87. The zero-order valence-corrected chi connectivity index (χ0v) is 14.6. The van der Waals surface area contributed by atoms with Crippen molar-refractivity contribution in [1.29, 1.82) is 0 Å². The maximum absolute atomic E-state index is 12.1. The Hall–Kier alpha value is -1.10. The van der Waals surface area contributed by atoms with Crippen LogP contribution in [-0.2, 0) is 9.53 Å². The molecule has 2 rings (SSSR count). The lowest BCUT2D eigenvalue weighted by Gasteiger charge is -2.26. The normalized spacial score (nSPS) is 15.2. The third-order valence-electron chi connectivity index (χ3n) is 3.92. The largest absolute Gasteiger partial charge is 0.379 e. The summed E-state index contributed by atoms with van der Waals surface area (Å²) in [5, 5.41) is 3.06. The Morgan fingerprint density at radius 2 is 1.77 bits per heavy atom. The fraction of sp³-hybridized carbons (Fsp3) is 0.588. The molecule has 1 amide bonds. The second-order valence-corrected chi connectivity index (χ2v) is 5.88. The Labute approximate surface area is 139 Å². The van der Waals surface area contributed by atoms with Crippen molar-refractivity contribution in [3.8, 4) is 0 Å². The van der Waals surface area contributed by atoms with E-state index in [-0.39, 0.29) is 18.3 Å². The van der Waals surface area contributed by atoms with Crippen molar-refractivity contribution < 1.29 is 9.53 Å². The number of anilines is 1. The Morgan fingerprint density at radius 3 is 2.36 bits per heavy atom. The van der Waals surface area contributed by atoms with Gasteiger partial charge in [0.1, 0.15) is 0 Å². The summed E-state index contributed by atoms with van der Waals surface area (Å²) in [6, 6.07) is 4.21. The van der Waals surface area contributed by atoms with E-state index < -0.39 is 0 Å². The molecule has 1 N–H and O–H groups in total. The average Bonchev–Trinajstić information content (AvgIpc) is 2.44. The van der Waals surface area contributed by atoms with Crippen LogP contribution < -0.4 is 5.32 Å². The first-order valence-electron chi connectivity index (χ1n) is 7.74. The minimum Gasteiger partial charge on any atom is -0.379 e. The number of ether oxygens (including phenoxy) is 1. The molecule has 0 spiro atoms. The van der Waals surface area contributed by atoms with Gasteiger partial charge < -0.3 is 10.1 Å². The molecule has 1 fully saturated rings. The molecule has 1 aromatic rings. The number of rotatable bonds is 5. The second kappa shape index (κ2) is 9.13. The number of benzene rings is 1. The SMILES string of the molecule is Cc1cc(C)c(NC(=O)CCCN2CCOCC2)c(C)c1.Cl. The molecule has 0 aliphatic carbocycles. The highest BCUT2D eigenvalue weighted by molar-refractivity contribution is 5.92. The quantitative estimate of drug-likeness (QED) is 0.904. The Bertz CT molecular complexity index is 476. The lowest BCUT2D eigenvalue weighted by atomic mass is 10.0. The Morgan fingerprint density at radius 1 is 1.18 bits per heavy atom. The minimum absolute atomic E-state index is 0. The van der Waals surface area contributed by atoms with Crippen LogP contribution in [0.25, 0.3) is 0 Å². The molecule has 1 aliphatic rings. The van der Waals surface area contributed by atoms with Crippen molar-refractivity contribution in [3.05, 3.63) is 28.8 Å². The van der Waals surface area contributed by atoms with E-state index in [9.17, 15) is 4.79 Å². The fourth-order valence-electron chi connectivity index (χ4n) is 2.87. The average molecular weight is 327 g/mol. The molecule has 124 valence electrons. The number of aryl methyl sites for hydroxylation is 3. The molecule has 1 aliphatic heterocycles. The van der Waals surface area contributed by atoms with E-state index in [1.165, 1.54) is 5.56 Å². The van der Waals surface area contributed by atoms with Gasteiger partial charge in [0, 0.05) is 25.2 Å². The maximum atomic E-state index is 12.1. The van der Waals surface area contributed by atoms with Crippen molar-refractivity contribution in [2.45, 2.75) is 33.6 Å². The van der Waals surface area contributed by atoms with Gasteiger partial charge in [-0.15, -0.1) is 12.4 Å². The summed E-state index contributed by atoms with van der Waals surface area (Å²) in [6.07, 6.45) is 1.47. The van der Waals surface area contributed by atoms with Gasteiger partial charge in [-0.05, 0) is 44.9 Å². The molecule has 1 saturated heterocycles. The Kier molecular flexibility index (Phi) is 7.87. The summed E-state index contributed by atoms with van der Waals surface area (Å²) in [6.45, 7) is 10.7.